The summed E-state index contributed by atoms with van der Waals surface area (Å²) in [7, 11) is 0. The van der Waals surface area contributed by atoms with Gasteiger partial charge in [-0.1, -0.05) is 62.2 Å². The lowest BCUT2D eigenvalue weighted by atomic mass is 9.71. The van der Waals surface area contributed by atoms with Gasteiger partial charge in [0.2, 0.25) is 0 Å². The summed E-state index contributed by atoms with van der Waals surface area (Å²) in [6.45, 7) is 6.69. The van der Waals surface area contributed by atoms with Crippen LogP contribution in [0.3, 0.4) is 0 Å². The van der Waals surface area contributed by atoms with Gasteiger partial charge in [0.1, 0.15) is 5.15 Å². The molecule has 3 rings (SSSR count). The fourth-order valence-corrected chi connectivity index (χ4v) is 3.29. The van der Waals surface area contributed by atoms with Gasteiger partial charge >= 0.3 is 0 Å². The van der Waals surface area contributed by atoms with Gasteiger partial charge in [0.25, 0.3) is 0 Å². The number of hydrogen-bond acceptors (Lipinski definition) is 3. The summed E-state index contributed by atoms with van der Waals surface area (Å²) >= 11 is 11.9. The molecule has 3 nitrogen and oxygen atoms in total. The summed E-state index contributed by atoms with van der Waals surface area (Å²) < 4.78 is 0. The van der Waals surface area contributed by atoms with Crippen molar-refractivity contribution in [3.63, 3.8) is 0 Å². The number of aromatic nitrogens is 1. The molecule has 1 N–H and O–H groups in total. The van der Waals surface area contributed by atoms with Crippen LogP contribution in [0.4, 0.5) is 0 Å². The molecular formula is C18H19Cl2N3. The van der Waals surface area contributed by atoms with Crippen molar-refractivity contribution in [3.8, 4) is 0 Å². The van der Waals surface area contributed by atoms with Crippen molar-refractivity contribution in [3.05, 3.63) is 63.9 Å². The van der Waals surface area contributed by atoms with Crippen LogP contribution in [-0.4, -0.2) is 10.7 Å². The van der Waals surface area contributed by atoms with Gasteiger partial charge in [0, 0.05) is 17.1 Å². The number of halogens is 2. The summed E-state index contributed by atoms with van der Waals surface area (Å²) in [5.74, 6) is 0.214. The molecule has 120 valence electrons. The highest BCUT2D eigenvalue weighted by molar-refractivity contribution is 6.30. The van der Waals surface area contributed by atoms with Gasteiger partial charge in [-0.15, -0.1) is 0 Å². The Kier molecular flexibility index (Phi) is 4.35. The van der Waals surface area contributed by atoms with Gasteiger partial charge in [0.15, 0.2) is 0 Å². The molecule has 1 aliphatic rings. The van der Waals surface area contributed by atoms with Crippen molar-refractivity contribution in [1.29, 1.82) is 0 Å². The van der Waals surface area contributed by atoms with Crippen LogP contribution in [-0.2, 0) is 0 Å². The van der Waals surface area contributed by atoms with Crippen molar-refractivity contribution in [2.75, 3.05) is 0 Å². The number of hydrogen-bond donors (Lipinski definition) is 1. The van der Waals surface area contributed by atoms with Crippen LogP contribution >= 0.6 is 23.2 Å². The zero-order valence-electron chi connectivity index (χ0n) is 13.3. The molecule has 0 bridgehead atoms. The highest BCUT2D eigenvalue weighted by atomic mass is 35.5. The van der Waals surface area contributed by atoms with E-state index in [2.05, 4.69) is 36.3 Å². The Balaban J connectivity index is 1.98. The molecule has 2 heterocycles. The van der Waals surface area contributed by atoms with E-state index in [4.69, 9.17) is 23.2 Å². The monoisotopic (exact) mass is 347 g/mol. The predicted molar refractivity (Wildman–Crippen MR) is 96.1 cm³/mol. The zero-order chi connectivity index (χ0) is 16.6. The van der Waals surface area contributed by atoms with Gasteiger partial charge in [-0.05, 0) is 34.7 Å². The van der Waals surface area contributed by atoms with E-state index >= 15 is 0 Å². The Morgan fingerprint density at radius 1 is 1.00 bits per heavy atom. The zero-order valence-corrected chi connectivity index (χ0v) is 14.9. The molecule has 0 fully saturated rings. The lowest BCUT2D eigenvalue weighted by Crippen LogP contribution is -2.33. The van der Waals surface area contributed by atoms with Gasteiger partial charge < -0.3 is 5.43 Å². The van der Waals surface area contributed by atoms with Crippen LogP contribution in [0.2, 0.25) is 10.2 Å². The van der Waals surface area contributed by atoms with Crippen LogP contribution in [0, 0.1) is 11.3 Å². The predicted octanol–water partition coefficient (Wildman–Crippen LogP) is 5.10. The Morgan fingerprint density at radius 2 is 1.70 bits per heavy atom. The average Bonchev–Trinajstić information content (AvgIpc) is 2.94. The molecule has 0 spiro atoms. The maximum atomic E-state index is 6.01. The van der Waals surface area contributed by atoms with E-state index in [1.807, 2.05) is 42.6 Å². The molecule has 1 aromatic heterocycles. The average molecular weight is 348 g/mol. The van der Waals surface area contributed by atoms with Gasteiger partial charge in [-0.25, -0.2) is 4.98 Å². The molecule has 0 saturated heterocycles. The second-order valence-electron chi connectivity index (χ2n) is 6.87. The van der Waals surface area contributed by atoms with Crippen LogP contribution in [0.5, 0.6) is 0 Å². The second kappa shape index (κ2) is 6.14. The van der Waals surface area contributed by atoms with Crippen LogP contribution < -0.4 is 5.43 Å². The molecular weight excluding hydrogens is 329 g/mol. The van der Waals surface area contributed by atoms with Crippen LogP contribution in [0.25, 0.3) is 0 Å². The van der Waals surface area contributed by atoms with Crippen LogP contribution in [0.1, 0.15) is 37.9 Å². The number of pyridine rings is 1. The number of rotatable bonds is 2. The normalized spacial score (nSPS) is 21.0. The smallest absolute Gasteiger partial charge is 0.129 e. The minimum Gasteiger partial charge on any atom is -0.302 e. The summed E-state index contributed by atoms with van der Waals surface area (Å²) in [4.78, 5) is 4.21. The van der Waals surface area contributed by atoms with Crippen LogP contribution in [0.15, 0.2) is 47.7 Å². The highest BCUT2D eigenvalue weighted by Gasteiger charge is 2.41. The molecule has 2 unspecified atom stereocenters. The molecule has 1 aliphatic heterocycles. The first-order chi connectivity index (χ1) is 10.9. The third-order valence-corrected chi connectivity index (χ3v) is 4.61. The standard InChI is InChI=1S/C18H19Cl2N3/c1-18(2,3)15-16(11-4-7-13(19)8-5-11)22-23-17(15)12-6-9-14(20)21-10-12/h4-10,15,17,23H,1-3H3. The molecule has 5 heteroatoms. The molecule has 23 heavy (non-hydrogen) atoms. The topological polar surface area (TPSA) is 37.3 Å². The molecule has 1 aromatic carbocycles. The first kappa shape index (κ1) is 16.3. The van der Waals surface area contributed by atoms with Gasteiger partial charge in [-0.2, -0.15) is 5.10 Å². The number of nitrogens with one attached hydrogen (secondary N) is 1. The summed E-state index contributed by atoms with van der Waals surface area (Å²) in [6, 6.07) is 11.7. The molecule has 0 amide bonds. The SMILES string of the molecule is CC(C)(C)C1C(c2ccc(Cl)cc2)=NNC1c1ccc(Cl)nc1. The fourth-order valence-electron chi connectivity index (χ4n) is 3.05. The van der Waals surface area contributed by atoms with Crippen molar-refractivity contribution in [2.45, 2.75) is 26.8 Å². The molecule has 0 saturated carbocycles. The van der Waals surface area contributed by atoms with Crippen molar-refractivity contribution >= 4 is 28.9 Å². The van der Waals surface area contributed by atoms with Gasteiger partial charge in [0.05, 0.1) is 11.8 Å². The summed E-state index contributed by atoms with van der Waals surface area (Å²) in [5.41, 5.74) is 6.54. The number of hydrazone groups is 1. The Hall–Kier alpha value is -1.58. The van der Waals surface area contributed by atoms with E-state index in [0.29, 0.717) is 5.15 Å². The maximum absolute atomic E-state index is 6.01. The van der Waals surface area contributed by atoms with Gasteiger partial charge in [-0.3, -0.25) is 0 Å². The fraction of sp³-hybridized carbons (Fsp3) is 0.333. The minimum atomic E-state index is 0.0340. The molecule has 0 aliphatic carbocycles. The number of nitrogens with zero attached hydrogens (tertiary/aromatic N) is 2. The number of benzene rings is 1. The quantitative estimate of drug-likeness (QED) is 0.767. The van der Waals surface area contributed by atoms with E-state index < -0.39 is 0 Å². The van der Waals surface area contributed by atoms with Crippen molar-refractivity contribution < 1.29 is 0 Å². The largest absolute Gasteiger partial charge is 0.302 e. The van der Waals surface area contributed by atoms with E-state index in [-0.39, 0.29) is 17.4 Å². The maximum Gasteiger partial charge on any atom is 0.129 e. The first-order valence-corrected chi connectivity index (χ1v) is 8.32. The van der Waals surface area contributed by atoms with Crippen molar-refractivity contribution in [2.24, 2.45) is 16.4 Å². The lowest BCUT2D eigenvalue weighted by molar-refractivity contribution is 0.267. The highest BCUT2D eigenvalue weighted by Crippen LogP contribution is 2.42. The first-order valence-electron chi connectivity index (χ1n) is 7.57. The third-order valence-electron chi connectivity index (χ3n) is 4.13. The Labute approximate surface area is 146 Å². The molecule has 2 aromatic rings. The molecule has 2 atom stereocenters. The summed E-state index contributed by atoms with van der Waals surface area (Å²) in [6.07, 6.45) is 1.82. The van der Waals surface area contributed by atoms with E-state index in [1.54, 1.807) is 0 Å². The van der Waals surface area contributed by atoms with E-state index in [9.17, 15) is 0 Å². The second-order valence-corrected chi connectivity index (χ2v) is 7.69. The lowest BCUT2D eigenvalue weighted by Gasteiger charge is -2.33. The van der Waals surface area contributed by atoms with Crippen molar-refractivity contribution in [1.82, 2.24) is 10.4 Å². The summed E-state index contributed by atoms with van der Waals surface area (Å²) in [5, 5.41) is 5.85. The minimum absolute atomic E-state index is 0.0340. The van der Waals surface area contributed by atoms with E-state index in [0.717, 1.165) is 21.9 Å². The van der Waals surface area contributed by atoms with E-state index in [1.165, 1.54) is 0 Å². The Morgan fingerprint density at radius 3 is 2.26 bits per heavy atom. The molecule has 0 radical (unpaired) electrons. The Bertz CT molecular complexity index is 715. The third kappa shape index (κ3) is 3.36.